The number of pyridine rings is 1. The van der Waals surface area contributed by atoms with E-state index in [9.17, 15) is 9.59 Å². The summed E-state index contributed by atoms with van der Waals surface area (Å²) in [6.07, 6.45) is 1.45. The Balaban J connectivity index is 1.72. The largest absolute Gasteiger partial charge is 0.463 e. The van der Waals surface area contributed by atoms with Crippen molar-refractivity contribution in [3.63, 3.8) is 0 Å². The van der Waals surface area contributed by atoms with Crippen LogP contribution in [-0.2, 0) is 16.1 Å². The monoisotopic (exact) mass is 294 g/mol. The van der Waals surface area contributed by atoms with Gasteiger partial charge in [-0.15, -0.1) is 0 Å². The molecule has 0 atom stereocenters. The molecule has 0 spiro atoms. The van der Waals surface area contributed by atoms with E-state index in [4.69, 9.17) is 10.5 Å². The van der Waals surface area contributed by atoms with E-state index >= 15 is 0 Å². The molecule has 0 radical (unpaired) electrons. The third kappa shape index (κ3) is 4.87. The number of nitrogen functional groups attached to an aromatic ring is 1. The summed E-state index contributed by atoms with van der Waals surface area (Å²) in [7, 11) is 2.10. The number of ether oxygens (including phenoxy) is 1. The summed E-state index contributed by atoms with van der Waals surface area (Å²) >= 11 is 0. The minimum atomic E-state index is -0.420. The summed E-state index contributed by atoms with van der Waals surface area (Å²) in [6.45, 7) is 5.02. The third-order valence-corrected chi connectivity index (χ3v) is 3.57. The normalized spacial score (nSPS) is 16.8. The lowest BCUT2D eigenvalue weighted by atomic mass is 10.3. The Morgan fingerprint density at radius 1 is 1.29 bits per heavy atom. The van der Waals surface area contributed by atoms with E-state index in [1.54, 1.807) is 0 Å². The van der Waals surface area contributed by atoms with Crippen LogP contribution < -0.4 is 11.3 Å². The zero-order chi connectivity index (χ0) is 15.2. The molecule has 0 saturated carbocycles. The zero-order valence-corrected chi connectivity index (χ0v) is 12.3. The number of carbonyl (C=O) groups is 1. The van der Waals surface area contributed by atoms with Gasteiger partial charge in [0.05, 0.1) is 0 Å². The van der Waals surface area contributed by atoms with Crippen molar-refractivity contribution in [2.75, 3.05) is 52.1 Å². The van der Waals surface area contributed by atoms with Crippen LogP contribution >= 0.6 is 0 Å². The molecule has 0 unspecified atom stereocenters. The Kier molecular flexibility index (Phi) is 5.35. The minimum Gasteiger partial charge on any atom is -0.463 e. The molecule has 2 rings (SSSR count). The minimum absolute atomic E-state index is 0.105. The lowest BCUT2D eigenvalue weighted by Gasteiger charge is -2.32. The van der Waals surface area contributed by atoms with Crippen molar-refractivity contribution in [1.29, 1.82) is 0 Å². The molecule has 0 aromatic carbocycles. The number of esters is 1. The van der Waals surface area contributed by atoms with Gasteiger partial charge in [-0.05, 0) is 13.1 Å². The van der Waals surface area contributed by atoms with Crippen molar-refractivity contribution < 1.29 is 9.53 Å². The van der Waals surface area contributed by atoms with Crippen molar-refractivity contribution >= 4 is 11.7 Å². The quantitative estimate of drug-likeness (QED) is 0.718. The number of nitrogens with two attached hydrogens (primary N) is 1. The number of rotatable bonds is 5. The van der Waals surface area contributed by atoms with Gasteiger partial charge >= 0.3 is 5.97 Å². The Morgan fingerprint density at radius 3 is 2.71 bits per heavy atom. The summed E-state index contributed by atoms with van der Waals surface area (Å²) < 4.78 is 6.43. The molecule has 7 nitrogen and oxygen atoms in total. The second kappa shape index (κ2) is 7.24. The maximum atomic E-state index is 11.7. The summed E-state index contributed by atoms with van der Waals surface area (Å²) in [6, 6.07) is 2.85. The van der Waals surface area contributed by atoms with Crippen LogP contribution in [0.15, 0.2) is 23.1 Å². The highest BCUT2D eigenvalue weighted by atomic mass is 16.5. The van der Waals surface area contributed by atoms with Gasteiger partial charge in [0.15, 0.2) is 0 Å². The van der Waals surface area contributed by atoms with Crippen molar-refractivity contribution in [3.8, 4) is 0 Å². The molecular weight excluding hydrogens is 272 g/mol. The first-order chi connectivity index (χ1) is 10.0. The van der Waals surface area contributed by atoms with E-state index < -0.39 is 5.97 Å². The predicted octanol–water partition coefficient (Wildman–Crippen LogP) is -0.779. The Labute approximate surface area is 123 Å². The summed E-state index contributed by atoms with van der Waals surface area (Å²) in [4.78, 5) is 27.8. The Morgan fingerprint density at radius 2 is 2.00 bits per heavy atom. The number of anilines is 1. The average Bonchev–Trinajstić information content (AvgIpc) is 2.45. The number of hydrogen-bond acceptors (Lipinski definition) is 6. The fourth-order valence-corrected chi connectivity index (χ4v) is 2.22. The summed E-state index contributed by atoms with van der Waals surface area (Å²) in [5.74, 6) is -0.420. The molecule has 1 aliphatic rings. The van der Waals surface area contributed by atoms with Crippen molar-refractivity contribution in [3.05, 3.63) is 28.7 Å². The molecule has 1 aliphatic heterocycles. The van der Waals surface area contributed by atoms with Crippen molar-refractivity contribution in [2.24, 2.45) is 0 Å². The van der Waals surface area contributed by atoms with Crippen LogP contribution in [0.3, 0.4) is 0 Å². The van der Waals surface area contributed by atoms with Gasteiger partial charge < -0.3 is 19.9 Å². The fraction of sp³-hybridized carbons (Fsp3) is 0.571. The molecule has 116 valence electrons. The summed E-state index contributed by atoms with van der Waals surface area (Å²) in [5, 5.41) is 0. The molecule has 1 aromatic rings. The average molecular weight is 294 g/mol. The Bertz CT molecular complexity index is 535. The third-order valence-electron chi connectivity index (χ3n) is 3.57. The van der Waals surface area contributed by atoms with Gasteiger partial charge in [-0.1, -0.05) is 0 Å². The van der Waals surface area contributed by atoms with E-state index in [2.05, 4.69) is 16.8 Å². The first kappa shape index (κ1) is 15.5. The van der Waals surface area contributed by atoms with Gasteiger partial charge in [-0.2, -0.15) is 0 Å². The van der Waals surface area contributed by atoms with E-state index in [0.29, 0.717) is 12.3 Å². The molecule has 0 bridgehead atoms. The number of nitrogens with zero attached hydrogens (tertiary/aromatic N) is 3. The van der Waals surface area contributed by atoms with Gasteiger partial charge in [-0.3, -0.25) is 14.5 Å². The van der Waals surface area contributed by atoms with Crippen LogP contribution in [0.5, 0.6) is 0 Å². The van der Waals surface area contributed by atoms with E-state index in [0.717, 1.165) is 32.7 Å². The lowest BCUT2D eigenvalue weighted by Crippen LogP contribution is -2.45. The lowest BCUT2D eigenvalue weighted by molar-refractivity contribution is -0.144. The molecule has 1 fully saturated rings. The Hall–Kier alpha value is -1.86. The second-order valence-corrected chi connectivity index (χ2v) is 5.29. The van der Waals surface area contributed by atoms with E-state index in [1.165, 1.54) is 22.9 Å². The number of piperazine rings is 1. The number of likely N-dealkylation sites (N-methyl/N-ethyl adjacent to an activating group) is 1. The van der Waals surface area contributed by atoms with Crippen LogP contribution in [0, 0.1) is 0 Å². The van der Waals surface area contributed by atoms with E-state index in [-0.39, 0.29) is 12.1 Å². The SMILES string of the molecule is CN1CCN(CCOC(=O)Cn2cc(N)ccc2=O)CC1. The maximum Gasteiger partial charge on any atom is 0.326 e. The first-order valence-electron chi connectivity index (χ1n) is 7.07. The van der Waals surface area contributed by atoms with Crippen LogP contribution in [0.4, 0.5) is 5.69 Å². The van der Waals surface area contributed by atoms with Crippen LogP contribution in [0.1, 0.15) is 0 Å². The first-order valence-corrected chi connectivity index (χ1v) is 7.07. The van der Waals surface area contributed by atoms with Crippen LogP contribution in [0.2, 0.25) is 0 Å². The van der Waals surface area contributed by atoms with Crippen LogP contribution in [0.25, 0.3) is 0 Å². The number of hydrogen-bond donors (Lipinski definition) is 1. The summed E-state index contributed by atoms with van der Waals surface area (Å²) in [5.41, 5.74) is 5.77. The van der Waals surface area contributed by atoms with Gasteiger partial charge in [0, 0.05) is 50.7 Å². The molecular formula is C14H22N4O3. The highest BCUT2D eigenvalue weighted by Gasteiger charge is 2.14. The number of aromatic nitrogens is 1. The molecule has 7 heteroatoms. The maximum absolute atomic E-state index is 11.7. The van der Waals surface area contributed by atoms with Crippen molar-refractivity contribution in [1.82, 2.24) is 14.4 Å². The highest BCUT2D eigenvalue weighted by Crippen LogP contribution is 1.99. The number of carbonyl (C=O) groups excluding carboxylic acids is 1. The molecule has 0 aliphatic carbocycles. The standard InChI is InChI=1S/C14H22N4O3/c1-16-4-6-17(7-5-16)8-9-21-14(20)11-18-10-12(15)2-3-13(18)19/h2-3,10H,4-9,11,15H2,1H3. The van der Waals surface area contributed by atoms with Crippen molar-refractivity contribution in [2.45, 2.75) is 6.54 Å². The smallest absolute Gasteiger partial charge is 0.326 e. The van der Waals surface area contributed by atoms with E-state index in [1.807, 2.05) is 0 Å². The fourth-order valence-electron chi connectivity index (χ4n) is 2.22. The second-order valence-electron chi connectivity index (χ2n) is 5.29. The molecule has 2 N–H and O–H groups in total. The molecule has 21 heavy (non-hydrogen) atoms. The highest BCUT2D eigenvalue weighted by molar-refractivity contribution is 5.69. The van der Waals surface area contributed by atoms with Gasteiger partial charge in [-0.25, -0.2) is 0 Å². The van der Waals surface area contributed by atoms with Gasteiger partial charge in [0.1, 0.15) is 13.2 Å². The molecule has 2 heterocycles. The zero-order valence-electron chi connectivity index (χ0n) is 12.3. The van der Waals surface area contributed by atoms with Gasteiger partial charge in [0.25, 0.3) is 5.56 Å². The molecule has 1 saturated heterocycles. The predicted molar refractivity (Wildman–Crippen MR) is 80.0 cm³/mol. The van der Waals surface area contributed by atoms with Gasteiger partial charge in [0.2, 0.25) is 0 Å². The molecule has 0 amide bonds. The molecule has 1 aromatic heterocycles. The topological polar surface area (TPSA) is 80.8 Å². The van der Waals surface area contributed by atoms with Crippen LogP contribution in [-0.4, -0.2) is 66.7 Å².